The van der Waals surface area contributed by atoms with Gasteiger partial charge >= 0.3 is 6.09 Å². The fourth-order valence-corrected chi connectivity index (χ4v) is 5.81. The number of nitrogens with one attached hydrogen (secondary N) is 2. The van der Waals surface area contributed by atoms with Crippen LogP contribution in [-0.4, -0.2) is 91.3 Å². The van der Waals surface area contributed by atoms with Crippen LogP contribution >= 0.6 is 35.7 Å². The Balaban J connectivity index is 0.00000320. The molecule has 2 aliphatic heterocycles. The van der Waals surface area contributed by atoms with Gasteiger partial charge < -0.3 is 20.3 Å². The summed E-state index contributed by atoms with van der Waals surface area (Å²) in [5, 5.41) is 7.26. The van der Waals surface area contributed by atoms with Gasteiger partial charge in [0.2, 0.25) is 0 Å². The molecule has 3 rings (SSSR count). The van der Waals surface area contributed by atoms with E-state index in [0.717, 1.165) is 38.4 Å². The number of hydrogen-bond donors (Lipinski definition) is 2. The second kappa shape index (κ2) is 13.2. The molecular weight excluding hydrogens is 513 g/mol. The largest absolute Gasteiger partial charge is 0.450 e. The van der Waals surface area contributed by atoms with Gasteiger partial charge in [-0.05, 0) is 32.6 Å². The summed E-state index contributed by atoms with van der Waals surface area (Å²) < 4.78 is 5.12. The van der Waals surface area contributed by atoms with Crippen molar-refractivity contribution in [3.05, 3.63) is 0 Å². The molecule has 3 aliphatic rings. The molecule has 0 unspecified atom stereocenters. The lowest BCUT2D eigenvalue weighted by molar-refractivity contribution is 0.0624. The zero-order valence-corrected chi connectivity index (χ0v) is 21.8. The number of likely N-dealkylation sites (tertiary alicyclic amines) is 1. The Labute approximate surface area is 203 Å². The zero-order chi connectivity index (χ0) is 20.5. The monoisotopic (exact) mass is 553 g/mol. The molecule has 7 nitrogen and oxygen atoms in total. The number of halogens is 1. The molecule has 9 heteroatoms. The van der Waals surface area contributed by atoms with Crippen LogP contribution in [0.4, 0.5) is 4.79 Å². The first-order chi connectivity index (χ1) is 14.2. The molecule has 2 saturated heterocycles. The Bertz CT molecular complexity index is 546. The highest BCUT2D eigenvalue weighted by atomic mass is 127. The van der Waals surface area contributed by atoms with Crippen LogP contribution in [0.1, 0.15) is 51.9 Å². The normalized spacial score (nSPS) is 23.4. The molecule has 2 heterocycles. The standard InChI is InChI=1S/C21H39N5O2S.HI/c1-3-28-20(27)25-11-7-18(8-12-25)24-19(22-2)23-17-21(9-5-4-6-10-21)26-13-15-29-16-14-26;/h18H,3-17H2,1-2H3,(H2,22,23,24);1H. The minimum absolute atomic E-state index is 0. The lowest BCUT2D eigenvalue weighted by atomic mass is 9.80. The maximum absolute atomic E-state index is 11.9. The summed E-state index contributed by atoms with van der Waals surface area (Å²) in [6.07, 6.45) is 8.29. The Morgan fingerprint density at radius 1 is 1.13 bits per heavy atom. The summed E-state index contributed by atoms with van der Waals surface area (Å²) in [4.78, 5) is 20.9. The highest BCUT2D eigenvalue weighted by Gasteiger charge is 2.38. The number of hydrogen-bond acceptors (Lipinski definition) is 5. The van der Waals surface area contributed by atoms with Gasteiger partial charge in [-0.1, -0.05) is 19.3 Å². The number of piperidine rings is 1. The molecule has 0 spiro atoms. The van der Waals surface area contributed by atoms with Crippen molar-refractivity contribution >= 4 is 47.8 Å². The highest BCUT2D eigenvalue weighted by molar-refractivity contribution is 14.0. The first-order valence-electron chi connectivity index (χ1n) is 11.4. The van der Waals surface area contributed by atoms with Gasteiger partial charge in [-0.25, -0.2) is 4.79 Å². The molecule has 0 aromatic rings. The van der Waals surface area contributed by atoms with Crippen LogP contribution in [-0.2, 0) is 4.74 Å². The number of rotatable bonds is 5. The van der Waals surface area contributed by atoms with E-state index in [1.807, 2.05) is 18.9 Å². The van der Waals surface area contributed by atoms with E-state index in [0.29, 0.717) is 12.6 Å². The molecule has 2 N–H and O–H groups in total. The van der Waals surface area contributed by atoms with E-state index in [1.54, 1.807) is 0 Å². The Morgan fingerprint density at radius 3 is 2.40 bits per heavy atom. The second-order valence-electron chi connectivity index (χ2n) is 8.41. The number of nitrogens with zero attached hydrogens (tertiary/aromatic N) is 3. The minimum Gasteiger partial charge on any atom is -0.450 e. The van der Waals surface area contributed by atoms with Crippen LogP contribution in [0, 0.1) is 0 Å². The van der Waals surface area contributed by atoms with Gasteiger partial charge in [0.1, 0.15) is 0 Å². The molecule has 3 fully saturated rings. The number of thioether (sulfide) groups is 1. The number of carbonyl (C=O) groups is 1. The van der Waals surface area contributed by atoms with Crippen molar-refractivity contribution in [2.75, 3.05) is 57.9 Å². The van der Waals surface area contributed by atoms with Crippen molar-refractivity contribution in [3.63, 3.8) is 0 Å². The molecule has 30 heavy (non-hydrogen) atoms. The average Bonchev–Trinajstić information content (AvgIpc) is 2.78. The summed E-state index contributed by atoms with van der Waals surface area (Å²) in [6, 6.07) is 0.348. The van der Waals surface area contributed by atoms with E-state index >= 15 is 0 Å². The van der Waals surface area contributed by atoms with Crippen LogP contribution in [0.5, 0.6) is 0 Å². The van der Waals surface area contributed by atoms with E-state index in [1.165, 1.54) is 56.7 Å². The van der Waals surface area contributed by atoms with Crippen LogP contribution < -0.4 is 10.6 Å². The SMILES string of the molecule is CCOC(=O)N1CCC(NC(=NC)NCC2(N3CCSCC3)CCCCC2)CC1.I. The van der Waals surface area contributed by atoms with Crippen LogP contribution in [0.2, 0.25) is 0 Å². The molecule has 1 amide bonds. The lowest BCUT2D eigenvalue weighted by Crippen LogP contribution is -2.60. The average molecular weight is 554 g/mol. The summed E-state index contributed by atoms with van der Waals surface area (Å²) in [5.74, 6) is 3.41. The van der Waals surface area contributed by atoms with Crippen LogP contribution in [0.15, 0.2) is 4.99 Å². The number of aliphatic imine (C=N–C) groups is 1. The zero-order valence-electron chi connectivity index (χ0n) is 18.7. The van der Waals surface area contributed by atoms with Crippen molar-refractivity contribution in [1.29, 1.82) is 0 Å². The molecule has 0 bridgehead atoms. The minimum atomic E-state index is -0.188. The molecule has 174 valence electrons. The molecule has 0 aromatic carbocycles. The summed E-state index contributed by atoms with van der Waals surface area (Å²) in [7, 11) is 1.86. The molecular formula is C21H40IN5O2S. The lowest BCUT2D eigenvalue weighted by Gasteiger charge is -2.48. The van der Waals surface area contributed by atoms with Gasteiger partial charge in [-0.3, -0.25) is 9.89 Å². The van der Waals surface area contributed by atoms with Gasteiger partial charge in [0.25, 0.3) is 0 Å². The third-order valence-electron chi connectivity index (χ3n) is 6.64. The van der Waals surface area contributed by atoms with Crippen molar-refractivity contribution in [2.45, 2.75) is 63.5 Å². The summed E-state index contributed by atoms with van der Waals surface area (Å²) >= 11 is 2.08. The summed E-state index contributed by atoms with van der Waals surface area (Å²) in [5.41, 5.74) is 0.282. The Hall–Kier alpha value is -0.420. The van der Waals surface area contributed by atoms with E-state index in [4.69, 9.17) is 4.74 Å². The van der Waals surface area contributed by atoms with Crippen molar-refractivity contribution in [1.82, 2.24) is 20.4 Å². The fraction of sp³-hybridized carbons (Fsp3) is 0.905. The van der Waals surface area contributed by atoms with E-state index in [9.17, 15) is 4.79 Å². The highest BCUT2D eigenvalue weighted by Crippen LogP contribution is 2.34. The van der Waals surface area contributed by atoms with Crippen molar-refractivity contribution in [3.8, 4) is 0 Å². The molecule has 1 aliphatic carbocycles. The third-order valence-corrected chi connectivity index (χ3v) is 7.58. The fourth-order valence-electron chi connectivity index (χ4n) is 4.91. The predicted molar refractivity (Wildman–Crippen MR) is 136 cm³/mol. The molecule has 0 atom stereocenters. The van der Waals surface area contributed by atoms with Crippen molar-refractivity contribution in [2.24, 2.45) is 4.99 Å². The van der Waals surface area contributed by atoms with E-state index in [-0.39, 0.29) is 35.6 Å². The molecule has 0 aromatic heterocycles. The maximum atomic E-state index is 11.9. The number of amides is 1. The van der Waals surface area contributed by atoms with Crippen LogP contribution in [0.3, 0.4) is 0 Å². The first kappa shape index (κ1) is 25.8. The quantitative estimate of drug-likeness (QED) is 0.310. The smallest absolute Gasteiger partial charge is 0.409 e. The number of ether oxygens (including phenoxy) is 1. The van der Waals surface area contributed by atoms with Gasteiger partial charge in [0, 0.05) is 62.9 Å². The molecule has 1 saturated carbocycles. The van der Waals surface area contributed by atoms with Gasteiger partial charge in [0.05, 0.1) is 6.61 Å². The molecule has 0 radical (unpaired) electrons. The Morgan fingerprint density at radius 2 is 1.80 bits per heavy atom. The second-order valence-corrected chi connectivity index (χ2v) is 9.64. The van der Waals surface area contributed by atoms with Gasteiger partial charge in [-0.15, -0.1) is 24.0 Å². The topological polar surface area (TPSA) is 69.2 Å². The maximum Gasteiger partial charge on any atom is 0.409 e. The van der Waals surface area contributed by atoms with E-state index < -0.39 is 0 Å². The number of guanidine groups is 1. The third kappa shape index (κ3) is 7.05. The van der Waals surface area contributed by atoms with Gasteiger partial charge in [-0.2, -0.15) is 11.8 Å². The predicted octanol–water partition coefficient (Wildman–Crippen LogP) is 3.14. The first-order valence-corrected chi connectivity index (χ1v) is 12.5. The Kier molecular flexibility index (Phi) is 11.4. The number of carbonyl (C=O) groups excluding carboxylic acids is 1. The van der Waals surface area contributed by atoms with E-state index in [2.05, 4.69) is 32.3 Å². The van der Waals surface area contributed by atoms with Crippen molar-refractivity contribution < 1.29 is 9.53 Å². The summed E-state index contributed by atoms with van der Waals surface area (Å²) in [6.45, 7) is 7.16. The van der Waals surface area contributed by atoms with Gasteiger partial charge in [0.15, 0.2) is 5.96 Å². The van der Waals surface area contributed by atoms with Crippen LogP contribution in [0.25, 0.3) is 0 Å².